The van der Waals surface area contributed by atoms with Crippen molar-refractivity contribution in [3.63, 3.8) is 0 Å². The van der Waals surface area contributed by atoms with Crippen molar-refractivity contribution in [3.8, 4) is 11.5 Å². The van der Waals surface area contributed by atoms with E-state index in [9.17, 15) is 4.39 Å². The second-order valence-corrected chi connectivity index (χ2v) is 8.48. The smallest absolute Gasteiger partial charge is 0.191 e. The van der Waals surface area contributed by atoms with Gasteiger partial charge in [-0.1, -0.05) is 18.2 Å². The molecule has 0 radical (unpaired) electrons. The molecule has 6 nitrogen and oxygen atoms in total. The van der Waals surface area contributed by atoms with Gasteiger partial charge in [-0.05, 0) is 51.0 Å². The number of ether oxygens (including phenoxy) is 3. The largest absolute Gasteiger partial charge is 0.487 e. The predicted molar refractivity (Wildman–Crippen MR) is 133 cm³/mol. The van der Waals surface area contributed by atoms with Gasteiger partial charge in [0.05, 0.1) is 12.6 Å². The Labute approximate surface area is 206 Å². The van der Waals surface area contributed by atoms with Crippen LogP contribution in [0.4, 0.5) is 4.39 Å². The van der Waals surface area contributed by atoms with E-state index in [2.05, 4.69) is 30.5 Å². The van der Waals surface area contributed by atoms with Crippen molar-refractivity contribution >= 4 is 29.9 Å². The molecule has 0 saturated heterocycles. The lowest BCUT2D eigenvalue weighted by molar-refractivity contribution is -0.0172. The fourth-order valence-corrected chi connectivity index (χ4v) is 4.15. The van der Waals surface area contributed by atoms with Crippen molar-refractivity contribution in [1.82, 2.24) is 10.6 Å². The highest BCUT2D eigenvalue weighted by Crippen LogP contribution is 2.39. The summed E-state index contributed by atoms with van der Waals surface area (Å²) in [6.45, 7) is 8.04. The van der Waals surface area contributed by atoms with Crippen LogP contribution in [0.1, 0.15) is 49.9 Å². The van der Waals surface area contributed by atoms with E-state index in [4.69, 9.17) is 19.2 Å². The minimum absolute atomic E-state index is 0. The lowest BCUT2D eigenvalue weighted by Gasteiger charge is -2.38. The number of hydrogen-bond acceptors (Lipinski definition) is 4. The highest BCUT2D eigenvalue weighted by molar-refractivity contribution is 14.0. The number of benzene rings is 2. The summed E-state index contributed by atoms with van der Waals surface area (Å²) in [6.07, 6.45) is 1.40. The van der Waals surface area contributed by atoms with E-state index in [1.807, 2.05) is 25.1 Å². The zero-order valence-electron chi connectivity index (χ0n) is 18.7. The Morgan fingerprint density at radius 2 is 2.06 bits per heavy atom. The maximum absolute atomic E-state index is 14.0. The van der Waals surface area contributed by atoms with Crippen LogP contribution in [0.15, 0.2) is 41.4 Å². The van der Waals surface area contributed by atoms with Gasteiger partial charge in [-0.2, -0.15) is 0 Å². The number of guanidine groups is 1. The molecule has 0 bridgehead atoms. The van der Waals surface area contributed by atoms with Crippen LogP contribution in [0.3, 0.4) is 0 Å². The highest BCUT2D eigenvalue weighted by Gasteiger charge is 2.34. The monoisotopic (exact) mass is 555 g/mol. The second-order valence-electron chi connectivity index (χ2n) is 8.48. The molecule has 2 aliphatic heterocycles. The molecule has 174 valence electrons. The van der Waals surface area contributed by atoms with Crippen LogP contribution in [0.2, 0.25) is 0 Å². The maximum Gasteiger partial charge on any atom is 0.191 e. The first-order valence-electron chi connectivity index (χ1n) is 10.8. The van der Waals surface area contributed by atoms with E-state index < -0.39 is 0 Å². The molecule has 4 rings (SSSR count). The van der Waals surface area contributed by atoms with E-state index in [-0.39, 0.29) is 48.2 Å². The molecule has 2 heterocycles. The molecule has 0 saturated carbocycles. The molecule has 0 aliphatic carbocycles. The van der Waals surface area contributed by atoms with Crippen LogP contribution in [0, 0.1) is 5.82 Å². The van der Waals surface area contributed by atoms with Crippen LogP contribution in [0.25, 0.3) is 0 Å². The number of para-hydroxylation sites is 1. The summed E-state index contributed by atoms with van der Waals surface area (Å²) in [4.78, 5) is 4.75. The summed E-state index contributed by atoms with van der Waals surface area (Å²) in [5, 5.41) is 6.88. The Morgan fingerprint density at radius 1 is 1.25 bits per heavy atom. The fourth-order valence-electron chi connectivity index (χ4n) is 4.15. The molecule has 2 aromatic rings. The van der Waals surface area contributed by atoms with Crippen molar-refractivity contribution in [1.29, 1.82) is 0 Å². The van der Waals surface area contributed by atoms with Crippen molar-refractivity contribution in [2.75, 3.05) is 19.9 Å². The number of nitrogens with one attached hydrogen (secondary N) is 2. The van der Waals surface area contributed by atoms with E-state index in [0.717, 1.165) is 47.1 Å². The summed E-state index contributed by atoms with van der Waals surface area (Å²) < 4.78 is 31.0. The van der Waals surface area contributed by atoms with Crippen LogP contribution >= 0.6 is 24.0 Å². The highest BCUT2D eigenvalue weighted by atomic mass is 127. The Bertz CT molecular complexity index is 968. The van der Waals surface area contributed by atoms with Gasteiger partial charge in [0.25, 0.3) is 0 Å². The number of fused-ring (bicyclic) bond motifs is 2. The maximum atomic E-state index is 14.0. The molecule has 1 atom stereocenters. The van der Waals surface area contributed by atoms with Gasteiger partial charge in [-0.25, -0.2) is 4.39 Å². The van der Waals surface area contributed by atoms with Gasteiger partial charge in [0.2, 0.25) is 0 Å². The van der Waals surface area contributed by atoms with E-state index in [1.54, 1.807) is 0 Å². The lowest BCUT2D eigenvalue weighted by atomic mass is 9.90. The third-order valence-electron chi connectivity index (χ3n) is 5.43. The van der Waals surface area contributed by atoms with Gasteiger partial charge in [0.1, 0.15) is 22.9 Å². The summed E-state index contributed by atoms with van der Waals surface area (Å²) >= 11 is 0. The average molecular weight is 555 g/mol. The van der Waals surface area contributed by atoms with Crippen LogP contribution < -0.4 is 20.1 Å². The van der Waals surface area contributed by atoms with Gasteiger partial charge in [0.15, 0.2) is 12.8 Å². The predicted octanol–water partition coefficient (Wildman–Crippen LogP) is 4.71. The molecular formula is C24H31FIN3O3. The lowest BCUT2D eigenvalue weighted by Crippen LogP contribution is -2.45. The van der Waals surface area contributed by atoms with Crippen molar-refractivity contribution in [3.05, 3.63) is 58.9 Å². The molecule has 2 aromatic carbocycles. The first-order valence-corrected chi connectivity index (χ1v) is 10.8. The molecule has 0 aromatic heterocycles. The van der Waals surface area contributed by atoms with Crippen LogP contribution in [0.5, 0.6) is 11.5 Å². The third-order valence-corrected chi connectivity index (χ3v) is 5.43. The Kier molecular flexibility index (Phi) is 8.21. The molecular weight excluding hydrogens is 524 g/mol. The van der Waals surface area contributed by atoms with E-state index >= 15 is 0 Å². The molecule has 0 amide bonds. The SMILES string of the molecule is CCNC(=NCCc1cc(F)cc2c1OCOC2)NC1CC(C)(C)Oc2ccccc21.I. The van der Waals surface area contributed by atoms with E-state index in [0.29, 0.717) is 19.6 Å². The molecule has 0 fully saturated rings. The van der Waals surface area contributed by atoms with Crippen molar-refractivity contribution in [2.24, 2.45) is 4.99 Å². The zero-order valence-corrected chi connectivity index (χ0v) is 21.1. The van der Waals surface area contributed by atoms with Crippen molar-refractivity contribution in [2.45, 2.75) is 51.9 Å². The minimum Gasteiger partial charge on any atom is -0.487 e. The number of aliphatic imine (C=N–C) groups is 1. The Hall–Kier alpha value is -2.07. The molecule has 1 unspecified atom stereocenters. The second kappa shape index (κ2) is 10.7. The summed E-state index contributed by atoms with van der Waals surface area (Å²) in [7, 11) is 0. The average Bonchev–Trinajstić information content (AvgIpc) is 2.73. The first kappa shape index (κ1) is 24.6. The molecule has 0 spiro atoms. The standard InChI is InChI=1S/C24H30FN3O3.HI/c1-4-26-23(28-20-13-24(2,3)31-21-8-6-5-7-19(20)21)27-10-9-16-11-18(25)12-17-14-29-15-30-22(16)17;/h5-8,11-12,20H,4,9-10,13-15H2,1-3H3,(H2,26,27,28);1H. The number of nitrogens with zero attached hydrogens (tertiary/aromatic N) is 1. The quantitative estimate of drug-likeness (QED) is 0.318. The first-order chi connectivity index (χ1) is 14.9. The van der Waals surface area contributed by atoms with Crippen LogP contribution in [-0.2, 0) is 17.8 Å². The van der Waals surface area contributed by atoms with Crippen LogP contribution in [-0.4, -0.2) is 31.4 Å². The van der Waals surface area contributed by atoms with Gasteiger partial charge < -0.3 is 24.8 Å². The fraction of sp³-hybridized carbons (Fsp3) is 0.458. The zero-order chi connectivity index (χ0) is 21.8. The Morgan fingerprint density at radius 3 is 2.88 bits per heavy atom. The molecule has 32 heavy (non-hydrogen) atoms. The molecule has 2 N–H and O–H groups in total. The van der Waals surface area contributed by atoms with Gasteiger partial charge in [-0.15, -0.1) is 24.0 Å². The minimum atomic E-state index is -0.280. The number of halogens is 2. The third kappa shape index (κ3) is 5.83. The van der Waals surface area contributed by atoms with Gasteiger partial charge >= 0.3 is 0 Å². The number of hydrogen-bond donors (Lipinski definition) is 2. The Balaban J connectivity index is 0.00000289. The number of rotatable bonds is 5. The molecule has 2 aliphatic rings. The van der Waals surface area contributed by atoms with Gasteiger partial charge in [0, 0.05) is 30.6 Å². The van der Waals surface area contributed by atoms with Crippen molar-refractivity contribution < 1.29 is 18.6 Å². The molecule has 8 heteroatoms. The summed E-state index contributed by atoms with van der Waals surface area (Å²) in [5.41, 5.74) is 2.41. The topological polar surface area (TPSA) is 64.1 Å². The van der Waals surface area contributed by atoms with Gasteiger partial charge in [-0.3, -0.25) is 4.99 Å². The van der Waals surface area contributed by atoms with E-state index in [1.165, 1.54) is 12.1 Å². The summed E-state index contributed by atoms with van der Waals surface area (Å²) in [6, 6.07) is 11.2. The normalized spacial score (nSPS) is 18.9. The summed E-state index contributed by atoms with van der Waals surface area (Å²) in [5.74, 6) is 2.08.